The van der Waals surface area contributed by atoms with Crippen molar-refractivity contribution in [1.82, 2.24) is 10.2 Å². The van der Waals surface area contributed by atoms with Gasteiger partial charge in [-0.3, -0.25) is 13.9 Å². The van der Waals surface area contributed by atoms with Gasteiger partial charge in [0.15, 0.2) is 11.5 Å². The van der Waals surface area contributed by atoms with Crippen LogP contribution in [0.5, 0.6) is 11.5 Å². The zero-order valence-corrected chi connectivity index (χ0v) is 23.8. The monoisotopic (exact) mass is 565 g/mol. The summed E-state index contributed by atoms with van der Waals surface area (Å²) in [5.74, 6) is 0.537. The van der Waals surface area contributed by atoms with E-state index in [-0.39, 0.29) is 44.5 Å². The molecule has 0 fully saturated rings. The Morgan fingerprint density at radius 3 is 2.38 bits per heavy atom. The lowest BCUT2D eigenvalue weighted by atomic mass is 10.0. The lowest BCUT2D eigenvalue weighted by Crippen LogP contribution is -2.50. The molecule has 4 rings (SSSR count). The number of likely N-dealkylation sites (N-methyl/N-ethyl adjacent to an activating group) is 1. The van der Waals surface area contributed by atoms with Gasteiger partial charge in [-0.2, -0.15) is 0 Å². The van der Waals surface area contributed by atoms with Crippen LogP contribution in [0.2, 0.25) is 0 Å². The second-order valence-electron chi connectivity index (χ2n) is 9.74. The van der Waals surface area contributed by atoms with Crippen molar-refractivity contribution in [2.45, 2.75) is 38.8 Å². The number of carbonyl (C=O) groups excluding carboxylic acids is 2. The fourth-order valence-corrected chi connectivity index (χ4v) is 5.69. The molecule has 3 aromatic carbocycles. The molecule has 40 heavy (non-hydrogen) atoms. The first kappa shape index (κ1) is 28.9. The Hall–Kier alpha value is -4.05. The van der Waals surface area contributed by atoms with E-state index >= 15 is 0 Å². The molecule has 0 aromatic heterocycles. The number of fused-ring (bicyclic) bond motifs is 1. The third-order valence-corrected chi connectivity index (χ3v) is 8.11. The van der Waals surface area contributed by atoms with Crippen LogP contribution in [0, 0.1) is 6.92 Å². The van der Waals surface area contributed by atoms with Crippen LogP contribution in [0.15, 0.2) is 72.8 Å². The molecule has 0 aliphatic carbocycles. The van der Waals surface area contributed by atoms with Crippen molar-refractivity contribution in [1.29, 1.82) is 0 Å². The smallest absolute Gasteiger partial charge is 0.242 e. The van der Waals surface area contributed by atoms with Gasteiger partial charge in [0.25, 0.3) is 0 Å². The van der Waals surface area contributed by atoms with Crippen LogP contribution in [-0.4, -0.2) is 57.8 Å². The van der Waals surface area contributed by atoms with Crippen molar-refractivity contribution in [2.24, 2.45) is 0 Å². The lowest BCUT2D eigenvalue weighted by molar-refractivity contribution is -0.141. The van der Waals surface area contributed by atoms with Crippen LogP contribution in [-0.2, 0) is 32.6 Å². The highest BCUT2D eigenvalue weighted by atomic mass is 32.2. The molecule has 0 unspecified atom stereocenters. The molecule has 212 valence electrons. The average molecular weight is 566 g/mol. The number of sulfonamides is 1. The van der Waals surface area contributed by atoms with Gasteiger partial charge < -0.3 is 19.7 Å². The standard InChI is InChI=1S/C30H35N3O6S/c1-22-10-7-8-13-24(22)20-32(26(30(35)31-2)18-23-11-5-4-6-12-23)29(34)14-9-17-33(40(3,36)37)25-15-16-27-28(19-25)39-21-38-27/h4-8,10-13,15-16,19,26H,9,14,17-18,20-21H2,1-3H3,(H,31,35)/t26-/m0/s1. The van der Waals surface area contributed by atoms with E-state index in [9.17, 15) is 18.0 Å². The van der Waals surface area contributed by atoms with Gasteiger partial charge in [-0.1, -0.05) is 54.6 Å². The van der Waals surface area contributed by atoms with Crippen LogP contribution in [0.4, 0.5) is 5.69 Å². The highest BCUT2D eigenvalue weighted by molar-refractivity contribution is 7.92. The maximum atomic E-state index is 13.8. The van der Waals surface area contributed by atoms with Crippen molar-refractivity contribution in [3.8, 4) is 11.5 Å². The van der Waals surface area contributed by atoms with Crippen LogP contribution in [0.3, 0.4) is 0 Å². The van der Waals surface area contributed by atoms with E-state index in [0.29, 0.717) is 23.6 Å². The molecular weight excluding hydrogens is 530 g/mol. The molecule has 0 saturated heterocycles. The number of aryl methyl sites for hydroxylation is 1. The van der Waals surface area contributed by atoms with Gasteiger partial charge >= 0.3 is 0 Å². The molecule has 9 nitrogen and oxygen atoms in total. The zero-order valence-electron chi connectivity index (χ0n) is 23.0. The Morgan fingerprint density at radius 1 is 0.975 bits per heavy atom. The summed E-state index contributed by atoms with van der Waals surface area (Å²) in [5, 5.41) is 2.71. The average Bonchev–Trinajstić information content (AvgIpc) is 3.41. The highest BCUT2D eigenvalue weighted by Gasteiger charge is 2.30. The molecule has 3 aromatic rings. The van der Waals surface area contributed by atoms with Gasteiger partial charge in [-0.05, 0) is 42.2 Å². The number of nitrogens with zero attached hydrogens (tertiary/aromatic N) is 2. The summed E-state index contributed by atoms with van der Waals surface area (Å²) in [7, 11) is -2.07. The highest BCUT2D eigenvalue weighted by Crippen LogP contribution is 2.36. The maximum Gasteiger partial charge on any atom is 0.242 e. The number of anilines is 1. The minimum atomic E-state index is -3.63. The second-order valence-corrected chi connectivity index (χ2v) is 11.7. The molecule has 0 radical (unpaired) electrons. The zero-order chi connectivity index (χ0) is 28.7. The topological polar surface area (TPSA) is 105 Å². The third-order valence-electron chi connectivity index (χ3n) is 6.92. The molecule has 10 heteroatoms. The molecule has 2 amide bonds. The van der Waals surface area contributed by atoms with Gasteiger partial charge in [0.05, 0.1) is 11.9 Å². The number of hydrogen-bond donors (Lipinski definition) is 1. The fourth-order valence-electron chi connectivity index (χ4n) is 4.74. The SMILES string of the molecule is CNC(=O)[C@H](Cc1ccccc1)N(Cc1ccccc1C)C(=O)CCCN(c1ccc2c(c1)OCO2)S(C)(=O)=O. The summed E-state index contributed by atoms with van der Waals surface area (Å²) in [6, 6.07) is 21.5. The number of ether oxygens (including phenoxy) is 2. The first-order valence-corrected chi connectivity index (χ1v) is 15.0. The summed E-state index contributed by atoms with van der Waals surface area (Å²) < 4.78 is 37.3. The Labute approximate surface area is 235 Å². The molecule has 0 bridgehead atoms. The van der Waals surface area contributed by atoms with Crippen molar-refractivity contribution in [3.63, 3.8) is 0 Å². The molecule has 0 saturated carbocycles. The Bertz CT molecular complexity index is 1440. The van der Waals surface area contributed by atoms with E-state index in [1.54, 1.807) is 30.1 Å². The van der Waals surface area contributed by atoms with Crippen molar-refractivity contribution in [3.05, 3.63) is 89.5 Å². The maximum absolute atomic E-state index is 13.8. The number of rotatable bonds is 12. The van der Waals surface area contributed by atoms with Crippen LogP contribution < -0.4 is 19.1 Å². The first-order valence-electron chi connectivity index (χ1n) is 13.1. The molecule has 1 aliphatic heterocycles. The Kier molecular flexibility index (Phi) is 9.31. The number of benzene rings is 3. The summed E-state index contributed by atoms with van der Waals surface area (Å²) in [5.41, 5.74) is 3.32. The van der Waals surface area contributed by atoms with E-state index in [2.05, 4.69) is 5.32 Å². The molecule has 1 heterocycles. The van der Waals surface area contributed by atoms with E-state index in [4.69, 9.17) is 9.47 Å². The fraction of sp³-hybridized carbons (Fsp3) is 0.333. The number of amides is 2. The van der Waals surface area contributed by atoms with E-state index in [0.717, 1.165) is 22.9 Å². The molecule has 0 spiro atoms. The van der Waals surface area contributed by atoms with Crippen LogP contribution in [0.1, 0.15) is 29.5 Å². The largest absolute Gasteiger partial charge is 0.454 e. The number of nitrogens with one attached hydrogen (secondary N) is 1. The molecule has 1 atom stereocenters. The van der Waals surface area contributed by atoms with Crippen LogP contribution >= 0.6 is 0 Å². The second kappa shape index (κ2) is 12.9. The molecule has 1 aliphatic rings. The number of hydrogen-bond acceptors (Lipinski definition) is 6. The Balaban J connectivity index is 1.55. The van der Waals surface area contributed by atoms with Gasteiger partial charge in [0, 0.05) is 39.0 Å². The van der Waals surface area contributed by atoms with Crippen molar-refractivity contribution in [2.75, 3.05) is 30.9 Å². The first-order chi connectivity index (χ1) is 19.2. The van der Waals surface area contributed by atoms with Gasteiger partial charge in [-0.15, -0.1) is 0 Å². The van der Waals surface area contributed by atoms with E-state index in [1.807, 2.05) is 61.5 Å². The minimum absolute atomic E-state index is 0.0603. The summed E-state index contributed by atoms with van der Waals surface area (Å²) >= 11 is 0. The third kappa shape index (κ3) is 7.12. The Morgan fingerprint density at radius 2 is 1.68 bits per heavy atom. The predicted molar refractivity (Wildman–Crippen MR) is 154 cm³/mol. The van der Waals surface area contributed by atoms with Crippen LogP contribution in [0.25, 0.3) is 0 Å². The van der Waals surface area contributed by atoms with Gasteiger partial charge in [0.1, 0.15) is 6.04 Å². The van der Waals surface area contributed by atoms with E-state index < -0.39 is 16.1 Å². The van der Waals surface area contributed by atoms with Gasteiger partial charge in [0.2, 0.25) is 28.6 Å². The summed E-state index contributed by atoms with van der Waals surface area (Å²) in [6.45, 7) is 2.40. The van der Waals surface area contributed by atoms with Crippen molar-refractivity contribution >= 4 is 27.5 Å². The van der Waals surface area contributed by atoms with Crippen molar-refractivity contribution < 1.29 is 27.5 Å². The normalized spacial score (nSPS) is 13.0. The summed E-state index contributed by atoms with van der Waals surface area (Å²) in [4.78, 5) is 28.5. The predicted octanol–water partition coefficient (Wildman–Crippen LogP) is 3.66. The van der Waals surface area contributed by atoms with Gasteiger partial charge in [-0.25, -0.2) is 8.42 Å². The minimum Gasteiger partial charge on any atom is -0.454 e. The summed E-state index contributed by atoms with van der Waals surface area (Å²) in [6.07, 6.45) is 1.80. The quantitative estimate of drug-likeness (QED) is 0.360. The molecule has 1 N–H and O–H groups in total. The lowest BCUT2D eigenvalue weighted by Gasteiger charge is -2.32. The molecular formula is C30H35N3O6S. The number of carbonyl (C=O) groups is 2. The van der Waals surface area contributed by atoms with E-state index in [1.165, 1.54) is 4.31 Å².